The first-order chi connectivity index (χ1) is 9.58. The van der Waals surface area contributed by atoms with Crippen molar-refractivity contribution in [2.24, 2.45) is 0 Å². The molecule has 0 saturated carbocycles. The highest BCUT2D eigenvalue weighted by atomic mass is 79.9. The fourth-order valence-electron chi connectivity index (χ4n) is 2.36. The van der Waals surface area contributed by atoms with E-state index in [1.807, 2.05) is 11.3 Å². The number of hydrogen-bond donors (Lipinski definition) is 1. The molecule has 0 amide bonds. The molecule has 1 nitrogen and oxygen atoms in total. The van der Waals surface area contributed by atoms with Crippen LogP contribution in [0.1, 0.15) is 42.1 Å². The lowest BCUT2D eigenvalue weighted by atomic mass is 10.1. The summed E-state index contributed by atoms with van der Waals surface area (Å²) in [6.07, 6.45) is 2.19. The third-order valence-corrected chi connectivity index (χ3v) is 5.39. The molecular weight excluding hydrogens is 330 g/mol. The van der Waals surface area contributed by atoms with Crippen molar-refractivity contribution in [2.75, 3.05) is 0 Å². The highest BCUT2D eigenvalue weighted by molar-refractivity contribution is 9.10. The zero-order valence-electron chi connectivity index (χ0n) is 12.3. The van der Waals surface area contributed by atoms with E-state index in [1.165, 1.54) is 15.3 Å². The quantitative estimate of drug-likeness (QED) is 0.738. The number of rotatable bonds is 6. The summed E-state index contributed by atoms with van der Waals surface area (Å²) < 4.78 is 1.14. The van der Waals surface area contributed by atoms with E-state index in [-0.39, 0.29) is 0 Å². The molecule has 1 aromatic heterocycles. The topological polar surface area (TPSA) is 12.0 Å². The largest absolute Gasteiger partial charge is 0.307 e. The Kier molecular flexibility index (Phi) is 5.82. The molecule has 0 radical (unpaired) electrons. The monoisotopic (exact) mass is 351 g/mol. The van der Waals surface area contributed by atoms with Crippen LogP contribution in [0.15, 0.2) is 40.9 Å². The first-order valence-corrected chi connectivity index (χ1v) is 8.78. The van der Waals surface area contributed by atoms with Crippen molar-refractivity contribution in [1.82, 2.24) is 5.32 Å². The van der Waals surface area contributed by atoms with Crippen LogP contribution in [0.3, 0.4) is 0 Å². The van der Waals surface area contributed by atoms with Crippen LogP contribution in [-0.4, -0.2) is 6.04 Å². The molecule has 1 heterocycles. The van der Waals surface area contributed by atoms with Gasteiger partial charge in [-0.25, -0.2) is 0 Å². The molecule has 0 aliphatic heterocycles. The van der Waals surface area contributed by atoms with Crippen LogP contribution in [0.25, 0.3) is 0 Å². The second-order valence-electron chi connectivity index (χ2n) is 5.28. The number of aryl methyl sites for hydroxylation is 1. The van der Waals surface area contributed by atoms with Gasteiger partial charge >= 0.3 is 0 Å². The smallest absolute Gasteiger partial charge is 0.0388 e. The van der Waals surface area contributed by atoms with Crippen molar-refractivity contribution in [3.63, 3.8) is 0 Å². The van der Waals surface area contributed by atoms with Gasteiger partial charge in [0, 0.05) is 26.3 Å². The molecule has 1 N–H and O–H groups in total. The van der Waals surface area contributed by atoms with Crippen LogP contribution >= 0.6 is 27.3 Å². The van der Waals surface area contributed by atoms with Gasteiger partial charge in [0.15, 0.2) is 0 Å². The summed E-state index contributed by atoms with van der Waals surface area (Å²) in [6, 6.07) is 14.0. The lowest BCUT2D eigenvalue weighted by molar-refractivity contribution is 0.482. The molecule has 3 heteroatoms. The minimum atomic E-state index is 0.422. The maximum absolute atomic E-state index is 3.70. The molecule has 0 saturated heterocycles. The van der Waals surface area contributed by atoms with Crippen LogP contribution in [0.4, 0.5) is 0 Å². The van der Waals surface area contributed by atoms with Crippen molar-refractivity contribution >= 4 is 27.3 Å². The minimum Gasteiger partial charge on any atom is -0.307 e. The maximum Gasteiger partial charge on any atom is 0.0388 e. The fourth-order valence-corrected chi connectivity index (χ4v) is 3.59. The molecule has 0 bridgehead atoms. The number of hydrogen-bond acceptors (Lipinski definition) is 2. The van der Waals surface area contributed by atoms with Gasteiger partial charge in [-0.3, -0.25) is 0 Å². The predicted molar refractivity (Wildman–Crippen MR) is 92.6 cm³/mol. The number of thiophene rings is 1. The van der Waals surface area contributed by atoms with Crippen molar-refractivity contribution < 1.29 is 0 Å². The molecule has 0 aliphatic carbocycles. The van der Waals surface area contributed by atoms with Gasteiger partial charge in [0.1, 0.15) is 0 Å². The molecular formula is C17H22BrNS. The third-order valence-electron chi connectivity index (χ3n) is 3.45. The van der Waals surface area contributed by atoms with Crippen molar-refractivity contribution in [1.29, 1.82) is 0 Å². The summed E-state index contributed by atoms with van der Waals surface area (Å²) >= 11 is 5.40. The van der Waals surface area contributed by atoms with Crippen LogP contribution in [0, 0.1) is 0 Å². The number of benzene rings is 1. The highest BCUT2D eigenvalue weighted by Crippen LogP contribution is 2.24. The van der Waals surface area contributed by atoms with E-state index >= 15 is 0 Å². The summed E-state index contributed by atoms with van der Waals surface area (Å²) in [5, 5.41) is 3.70. The molecule has 2 rings (SSSR count). The Labute approximate surface area is 134 Å². The summed E-state index contributed by atoms with van der Waals surface area (Å²) in [5.74, 6) is 0. The SMILES string of the molecule is CCc1ccc(C(C)NC(C)Cc2ccc(Br)cc2)s1. The lowest BCUT2D eigenvalue weighted by Gasteiger charge is -2.19. The summed E-state index contributed by atoms with van der Waals surface area (Å²) in [4.78, 5) is 2.90. The second kappa shape index (κ2) is 7.39. The summed E-state index contributed by atoms with van der Waals surface area (Å²) in [5.41, 5.74) is 1.38. The number of nitrogens with one attached hydrogen (secondary N) is 1. The lowest BCUT2D eigenvalue weighted by Crippen LogP contribution is -2.30. The zero-order chi connectivity index (χ0) is 14.5. The Balaban J connectivity index is 1.90. The Morgan fingerprint density at radius 1 is 1.10 bits per heavy atom. The molecule has 20 heavy (non-hydrogen) atoms. The Bertz CT molecular complexity index is 532. The van der Waals surface area contributed by atoms with Gasteiger partial charge in [-0.05, 0) is 56.5 Å². The summed E-state index contributed by atoms with van der Waals surface area (Å²) in [6.45, 7) is 6.72. The summed E-state index contributed by atoms with van der Waals surface area (Å²) in [7, 11) is 0. The van der Waals surface area contributed by atoms with E-state index in [4.69, 9.17) is 0 Å². The normalized spacial score (nSPS) is 14.2. The average Bonchev–Trinajstić information content (AvgIpc) is 2.90. The number of halogens is 1. The maximum atomic E-state index is 3.70. The van der Waals surface area contributed by atoms with Crippen LogP contribution in [-0.2, 0) is 12.8 Å². The van der Waals surface area contributed by atoms with E-state index in [9.17, 15) is 0 Å². The Hall–Kier alpha value is -0.640. The van der Waals surface area contributed by atoms with Gasteiger partial charge in [0.05, 0.1) is 0 Å². The van der Waals surface area contributed by atoms with E-state index < -0.39 is 0 Å². The molecule has 0 spiro atoms. The van der Waals surface area contributed by atoms with Crippen LogP contribution < -0.4 is 5.32 Å². The van der Waals surface area contributed by atoms with Gasteiger partial charge in [-0.2, -0.15) is 0 Å². The molecule has 0 aliphatic rings. The molecule has 1 aromatic carbocycles. The Morgan fingerprint density at radius 3 is 2.40 bits per heavy atom. The van der Waals surface area contributed by atoms with Crippen molar-refractivity contribution in [3.05, 3.63) is 56.2 Å². The van der Waals surface area contributed by atoms with Gasteiger partial charge in [-0.1, -0.05) is 35.0 Å². The first kappa shape index (κ1) is 15.7. The molecule has 2 aromatic rings. The minimum absolute atomic E-state index is 0.422. The van der Waals surface area contributed by atoms with Crippen LogP contribution in [0.2, 0.25) is 0 Å². The van der Waals surface area contributed by atoms with Gasteiger partial charge < -0.3 is 5.32 Å². The Morgan fingerprint density at radius 2 is 1.80 bits per heavy atom. The highest BCUT2D eigenvalue weighted by Gasteiger charge is 2.12. The van der Waals surface area contributed by atoms with Crippen LogP contribution in [0.5, 0.6) is 0 Å². The van der Waals surface area contributed by atoms with E-state index in [0.29, 0.717) is 12.1 Å². The third kappa shape index (κ3) is 4.44. The van der Waals surface area contributed by atoms with E-state index in [2.05, 4.69) is 78.4 Å². The zero-order valence-corrected chi connectivity index (χ0v) is 14.7. The molecule has 108 valence electrons. The standard InChI is InChI=1S/C17H22BrNS/c1-4-16-9-10-17(20-16)13(3)19-12(2)11-14-5-7-15(18)8-6-14/h5-10,12-13,19H,4,11H2,1-3H3. The van der Waals surface area contributed by atoms with Crippen molar-refractivity contribution in [3.8, 4) is 0 Å². The van der Waals surface area contributed by atoms with Gasteiger partial charge in [0.2, 0.25) is 0 Å². The van der Waals surface area contributed by atoms with Gasteiger partial charge in [0.25, 0.3) is 0 Å². The average molecular weight is 352 g/mol. The van der Waals surface area contributed by atoms with E-state index in [0.717, 1.165) is 17.3 Å². The predicted octanol–water partition coefficient (Wildman–Crippen LogP) is 5.35. The molecule has 0 fully saturated rings. The molecule has 2 atom stereocenters. The van der Waals surface area contributed by atoms with Gasteiger partial charge in [-0.15, -0.1) is 11.3 Å². The fraction of sp³-hybridized carbons (Fsp3) is 0.412. The first-order valence-electron chi connectivity index (χ1n) is 7.17. The van der Waals surface area contributed by atoms with Crippen molar-refractivity contribution in [2.45, 2.75) is 45.7 Å². The second-order valence-corrected chi connectivity index (χ2v) is 7.39. The molecule has 2 unspecified atom stereocenters. The van der Waals surface area contributed by atoms with E-state index in [1.54, 1.807) is 0 Å².